The lowest BCUT2D eigenvalue weighted by Crippen LogP contribution is -2.35. The minimum absolute atomic E-state index is 0.296. The highest BCUT2D eigenvalue weighted by atomic mass is 79.9. The Morgan fingerprint density at radius 3 is 2.65 bits per heavy atom. The highest BCUT2D eigenvalue weighted by Crippen LogP contribution is 2.22. The summed E-state index contributed by atoms with van der Waals surface area (Å²) < 4.78 is 0.719. The number of hydrogen-bond acceptors (Lipinski definition) is 2. The number of carboxylic acid groups (broad SMARTS) is 1. The van der Waals surface area contributed by atoms with Crippen LogP contribution < -0.4 is 0 Å². The van der Waals surface area contributed by atoms with E-state index in [9.17, 15) is 9.59 Å². The summed E-state index contributed by atoms with van der Waals surface area (Å²) in [6.45, 7) is 1.69. The van der Waals surface area contributed by atoms with Crippen LogP contribution in [-0.2, 0) is 4.79 Å². The minimum atomic E-state index is -1.05. The van der Waals surface area contributed by atoms with E-state index in [0.29, 0.717) is 17.1 Å². The molecule has 0 fully saturated rings. The number of carbonyl (C=O) groups excluding carboxylic acids is 1. The predicted molar refractivity (Wildman–Crippen MR) is 68.4 cm³/mol. The molecule has 1 aromatic carbocycles. The zero-order valence-electron chi connectivity index (χ0n) is 9.11. The van der Waals surface area contributed by atoms with E-state index in [1.54, 1.807) is 25.1 Å². The van der Waals surface area contributed by atoms with Crippen molar-refractivity contribution in [3.63, 3.8) is 0 Å². The molecular formula is C11H11BrClNO3. The molecule has 1 N–H and O–H groups in total. The molecular weight excluding hydrogens is 309 g/mol. The van der Waals surface area contributed by atoms with Crippen molar-refractivity contribution in [1.82, 2.24) is 4.90 Å². The number of halogens is 2. The highest BCUT2D eigenvalue weighted by Gasteiger charge is 2.19. The Labute approximate surface area is 112 Å². The number of carbonyl (C=O) groups is 2. The fourth-order valence-electron chi connectivity index (χ4n) is 1.32. The maximum atomic E-state index is 12.0. The fourth-order valence-corrected chi connectivity index (χ4v) is 1.88. The van der Waals surface area contributed by atoms with Crippen molar-refractivity contribution in [3.8, 4) is 0 Å². The molecule has 0 saturated carbocycles. The van der Waals surface area contributed by atoms with Crippen molar-refractivity contribution in [2.75, 3.05) is 13.1 Å². The standard InChI is InChI=1S/C11H11BrClNO3/c1-2-14(6-10(15)16)11(17)8-5-7(12)3-4-9(8)13/h3-5H,2,6H2,1H3,(H,15,16). The van der Waals surface area contributed by atoms with Crippen LogP contribution in [-0.4, -0.2) is 35.0 Å². The summed E-state index contributed by atoms with van der Waals surface area (Å²) >= 11 is 9.15. The summed E-state index contributed by atoms with van der Waals surface area (Å²) in [5.41, 5.74) is 0.296. The number of amides is 1. The SMILES string of the molecule is CCN(CC(=O)O)C(=O)c1cc(Br)ccc1Cl. The maximum Gasteiger partial charge on any atom is 0.323 e. The van der Waals surface area contributed by atoms with Gasteiger partial charge < -0.3 is 10.0 Å². The molecule has 0 aromatic heterocycles. The molecule has 0 aliphatic heterocycles. The van der Waals surface area contributed by atoms with Gasteiger partial charge in [0.25, 0.3) is 5.91 Å². The third-order valence-corrected chi connectivity index (χ3v) is 2.98. The lowest BCUT2D eigenvalue weighted by molar-refractivity contribution is -0.137. The number of aliphatic carboxylic acids is 1. The van der Waals surface area contributed by atoms with Crippen LogP contribution in [0.15, 0.2) is 22.7 Å². The third kappa shape index (κ3) is 3.71. The van der Waals surface area contributed by atoms with Crippen molar-refractivity contribution >= 4 is 39.4 Å². The van der Waals surface area contributed by atoms with Gasteiger partial charge in [0.1, 0.15) is 6.54 Å². The molecule has 0 spiro atoms. The van der Waals surface area contributed by atoms with E-state index in [2.05, 4.69) is 15.9 Å². The first-order valence-corrected chi connectivity index (χ1v) is 6.09. The van der Waals surface area contributed by atoms with Crippen molar-refractivity contribution in [2.24, 2.45) is 0 Å². The molecule has 1 amide bonds. The van der Waals surface area contributed by atoms with Crippen molar-refractivity contribution in [3.05, 3.63) is 33.3 Å². The Morgan fingerprint density at radius 2 is 2.12 bits per heavy atom. The Balaban J connectivity index is 3.01. The van der Waals surface area contributed by atoms with E-state index in [4.69, 9.17) is 16.7 Å². The van der Waals surface area contributed by atoms with Crippen LogP contribution >= 0.6 is 27.5 Å². The topological polar surface area (TPSA) is 57.6 Å². The predicted octanol–water partition coefficient (Wildman–Crippen LogP) is 2.65. The van der Waals surface area contributed by atoms with Crippen LogP contribution in [0.2, 0.25) is 5.02 Å². The number of likely N-dealkylation sites (N-methyl/N-ethyl adjacent to an activating group) is 1. The Kier molecular flexibility index (Phi) is 4.96. The first kappa shape index (κ1) is 14.0. The zero-order valence-corrected chi connectivity index (χ0v) is 11.5. The number of nitrogens with zero attached hydrogens (tertiary/aromatic N) is 1. The lowest BCUT2D eigenvalue weighted by atomic mass is 10.2. The van der Waals surface area contributed by atoms with Gasteiger partial charge in [0.15, 0.2) is 0 Å². The quantitative estimate of drug-likeness (QED) is 0.928. The van der Waals surface area contributed by atoms with Crippen molar-refractivity contribution in [2.45, 2.75) is 6.92 Å². The molecule has 92 valence electrons. The molecule has 17 heavy (non-hydrogen) atoms. The molecule has 0 radical (unpaired) electrons. The van der Waals surface area contributed by atoms with Crippen LogP contribution in [0.3, 0.4) is 0 Å². The fraction of sp³-hybridized carbons (Fsp3) is 0.273. The van der Waals surface area contributed by atoms with Gasteiger partial charge in [-0.25, -0.2) is 0 Å². The van der Waals surface area contributed by atoms with Crippen LogP contribution in [0.1, 0.15) is 17.3 Å². The molecule has 0 unspecified atom stereocenters. The molecule has 1 rings (SSSR count). The van der Waals surface area contributed by atoms with E-state index in [-0.39, 0.29) is 12.5 Å². The zero-order chi connectivity index (χ0) is 13.0. The first-order chi connectivity index (χ1) is 7.95. The van der Waals surface area contributed by atoms with Gasteiger partial charge >= 0.3 is 5.97 Å². The number of benzene rings is 1. The molecule has 6 heteroatoms. The molecule has 0 aliphatic rings. The molecule has 0 saturated heterocycles. The first-order valence-electron chi connectivity index (χ1n) is 4.91. The van der Waals surface area contributed by atoms with Gasteiger partial charge in [0.2, 0.25) is 0 Å². The van der Waals surface area contributed by atoms with Crippen LogP contribution in [0, 0.1) is 0 Å². The largest absolute Gasteiger partial charge is 0.480 e. The third-order valence-electron chi connectivity index (χ3n) is 2.15. The molecule has 0 aliphatic carbocycles. The molecule has 0 atom stereocenters. The summed E-state index contributed by atoms with van der Waals surface area (Å²) in [5.74, 6) is -1.44. The maximum absolute atomic E-state index is 12.0. The monoisotopic (exact) mass is 319 g/mol. The van der Waals surface area contributed by atoms with Gasteiger partial charge in [-0.15, -0.1) is 0 Å². The van der Waals surface area contributed by atoms with Gasteiger partial charge in [-0.1, -0.05) is 27.5 Å². The smallest absolute Gasteiger partial charge is 0.323 e. The van der Waals surface area contributed by atoms with Gasteiger partial charge in [-0.05, 0) is 25.1 Å². The summed E-state index contributed by atoms with van der Waals surface area (Å²) in [6.07, 6.45) is 0. The Hall–Kier alpha value is -1.07. The van der Waals surface area contributed by atoms with Crippen molar-refractivity contribution in [1.29, 1.82) is 0 Å². The highest BCUT2D eigenvalue weighted by molar-refractivity contribution is 9.10. The van der Waals surface area contributed by atoms with Crippen LogP contribution in [0.25, 0.3) is 0 Å². The van der Waals surface area contributed by atoms with E-state index < -0.39 is 5.97 Å². The summed E-state index contributed by atoms with van der Waals surface area (Å²) in [5, 5.41) is 9.01. The van der Waals surface area contributed by atoms with Gasteiger partial charge in [0.05, 0.1) is 10.6 Å². The van der Waals surface area contributed by atoms with Crippen molar-refractivity contribution < 1.29 is 14.7 Å². The second kappa shape index (κ2) is 6.02. The van der Waals surface area contributed by atoms with Gasteiger partial charge in [-0.3, -0.25) is 9.59 Å². The number of carboxylic acids is 1. The minimum Gasteiger partial charge on any atom is -0.480 e. The number of hydrogen-bond donors (Lipinski definition) is 1. The van der Waals surface area contributed by atoms with Crippen LogP contribution in [0.5, 0.6) is 0 Å². The van der Waals surface area contributed by atoms with E-state index >= 15 is 0 Å². The average molecular weight is 321 g/mol. The van der Waals surface area contributed by atoms with Gasteiger partial charge in [0, 0.05) is 11.0 Å². The summed E-state index contributed by atoms with van der Waals surface area (Å²) in [4.78, 5) is 23.9. The summed E-state index contributed by atoms with van der Waals surface area (Å²) in [7, 11) is 0. The van der Waals surface area contributed by atoms with E-state index in [1.165, 1.54) is 4.90 Å². The molecule has 0 bridgehead atoms. The second-order valence-electron chi connectivity index (χ2n) is 3.34. The summed E-state index contributed by atoms with van der Waals surface area (Å²) in [6, 6.07) is 4.88. The average Bonchev–Trinajstić information content (AvgIpc) is 2.28. The molecule has 0 heterocycles. The van der Waals surface area contributed by atoms with E-state index in [1.807, 2.05) is 0 Å². The lowest BCUT2D eigenvalue weighted by Gasteiger charge is -2.19. The Bertz CT molecular complexity index is 450. The second-order valence-corrected chi connectivity index (χ2v) is 4.66. The normalized spacial score (nSPS) is 10.1. The van der Waals surface area contributed by atoms with E-state index in [0.717, 1.165) is 4.47 Å². The Morgan fingerprint density at radius 1 is 1.47 bits per heavy atom. The molecule has 4 nitrogen and oxygen atoms in total. The molecule has 1 aromatic rings. The van der Waals surface area contributed by atoms with Gasteiger partial charge in [-0.2, -0.15) is 0 Å². The number of rotatable bonds is 4. The van der Waals surface area contributed by atoms with Crippen LogP contribution in [0.4, 0.5) is 0 Å².